The molecule has 5 heteroatoms. The third-order valence-electron chi connectivity index (χ3n) is 5.41. The van der Waals surface area contributed by atoms with Crippen LogP contribution in [0.5, 0.6) is 0 Å². The van der Waals surface area contributed by atoms with Gasteiger partial charge in [-0.3, -0.25) is 9.69 Å². The van der Waals surface area contributed by atoms with Crippen molar-refractivity contribution < 1.29 is 4.39 Å². The molecule has 0 aliphatic carbocycles. The summed E-state index contributed by atoms with van der Waals surface area (Å²) >= 11 is 0. The standard InChI is InChI=1S/C23H24FN3O/c1-16-21(24)23(28)26-22(25-16)19-10-5-7-17(13-19)14-27-12-6-11-20(15-27)18-8-3-2-4-9-18/h2-5,7-10,13,20H,6,11-12,14-15H2,1H3,(H,25,26,28)/t20-/m1/s1. The van der Waals surface area contributed by atoms with Crippen LogP contribution in [0.1, 0.15) is 35.6 Å². The van der Waals surface area contributed by atoms with E-state index in [2.05, 4.69) is 51.3 Å². The molecule has 1 aromatic heterocycles. The van der Waals surface area contributed by atoms with E-state index < -0.39 is 11.4 Å². The smallest absolute Gasteiger partial charge is 0.287 e. The summed E-state index contributed by atoms with van der Waals surface area (Å²) in [5.74, 6) is 0.155. The predicted molar refractivity (Wildman–Crippen MR) is 109 cm³/mol. The van der Waals surface area contributed by atoms with Gasteiger partial charge in [-0.15, -0.1) is 0 Å². The first kappa shape index (κ1) is 18.6. The molecule has 1 fully saturated rings. The zero-order chi connectivity index (χ0) is 19.5. The summed E-state index contributed by atoms with van der Waals surface area (Å²) < 4.78 is 13.6. The Balaban J connectivity index is 1.51. The molecule has 144 valence electrons. The topological polar surface area (TPSA) is 49.0 Å². The lowest BCUT2D eigenvalue weighted by Gasteiger charge is -2.33. The highest BCUT2D eigenvalue weighted by atomic mass is 19.1. The molecule has 2 aromatic carbocycles. The van der Waals surface area contributed by atoms with Crippen LogP contribution in [0.15, 0.2) is 59.4 Å². The summed E-state index contributed by atoms with van der Waals surface area (Å²) in [4.78, 5) is 20.9. The first-order valence-corrected chi connectivity index (χ1v) is 9.73. The van der Waals surface area contributed by atoms with E-state index in [1.165, 1.54) is 25.3 Å². The highest BCUT2D eigenvalue weighted by Crippen LogP contribution is 2.28. The lowest BCUT2D eigenvalue weighted by atomic mass is 9.90. The molecule has 4 nitrogen and oxygen atoms in total. The van der Waals surface area contributed by atoms with E-state index in [0.29, 0.717) is 11.7 Å². The molecule has 1 aliphatic heterocycles. The fourth-order valence-electron chi connectivity index (χ4n) is 3.98. The Morgan fingerprint density at radius 3 is 2.79 bits per heavy atom. The molecule has 1 saturated heterocycles. The lowest BCUT2D eigenvalue weighted by Crippen LogP contribution is -2.33. The zero-order valence-electron chi connectivity index (χ0n) is 16.0. The molecule has 0 bridgehead atoms. The first-order valence-electron chi connectivity index (χ1n) is 9.73. The Bertz CT molecular complexity index is 1020. The van der Waals surface area contributed by atoms with Crippen LogP contribution in [0.2, 0.25) is 0 Å². The SMILES string of the molecule is Cc1nc(-c2cccc(CN3CCC[C@@H](c4ccccc4)C3)c2)[nH]c(=O)c1F. The normalized spacial score (nSPS) is 17.6. The average Bonchev–Trinajstić information content (AvgIpc) is 2.73. The fraction of sp³-hybridized carbons (Fsp3) is 0.304. The molecule has 4 rings (SSSR count). The minimum Gasteiger partial charge on any atom is -0.304 e. The van der Waals surface area contributed by atoms with Gasteiger partial charge in [0.05, 0.1) is 5.69 Å². The van der Waals surface area contributed by atoms with Gasteiger partial charge in [0, 0.05) is 18.7 Å². The first-order chi connectivity index (χ1) is 13.6. The van der Waals surface area contributed by atoms with Gasteiger partial charge < -0.3 is 4.98 Å². The van der Waals surface area contributed by atoms with Gasteiger partial charge in [-0.2, -0.15) is 4.39 Å². The molecule has 0 spiro atoms. The van der Waals surface area contributed by atoms with Crippen molar-refractivity contribution >= 4 is 0 Å². The van der Waals surface area contributed by atoms with Crippen molar-refractivity contribution in [2.24, 2.45) is 0 Å². The summed E-state index contributed by atoms with van der Waals surface area (Å²) in [6.07, 6.45) is 2.41. The number of benzene rings is 2. The van der Waals surface area contributed by atoms with Gasteiger partial charge in [0.2, 0.25) is 5.82 Å². The Morgan fingerprint density at radius 1 is 1.18 bits per heavy atom. The van der Waals surface area contributed by atoms with Gasteiger partial charge in [-0.05, 0) is 49.4 Å². The van der Waals surface area contributed by atoms with E-state index in [9.17, 15) is 9.18 Å². The average molecular weight is 377 g/mol. The number of hydrogen-bond acceptors (Lipinski definition) is 3. The van der Waals surface area contributed by atoms with Crippen molar-refractivity contribution in [1.82, 2.24) is 14.9 Å². The number of nitrogens with zero attached hydrogens (tertiary/aromatic N) is 2. The maximum atomic E-state index is 13.6. The maximum absolute atomic E-state index is 13.6. The molecule has 0 amide bonds. The monoisotopic (exact) mass is 377 g/mol. The number of hydrogen-bond donors (Lipinski definition) is 1. The van der Waals surface area contributed by atoms with E-state index in [0.717, 1.165) is 30.8 Å². The summed E-state index contributed by atoms with van der Waals surface area (Å²) in [7, 11) is 0. The molecular weight excluding hydrogens is 353 g/mol. The number of aromatic nitrogens is 2. The molecule has 3 aromatic rings. The number of likely N-dealkylation sites (tertiary alicyclic amines) is 1. The Kier molecular flexibility index (Phi) is 5.35. The van der Waals surface area contributed by atoms with Crippen LogP contribution in [0.3, 0.4) is 0 Å². The van der Waals surface area contributed by atoms with E-state index in [1.807, 2.05) is 18.2 Å². The number of aromatic amines is 1. The second-order valence-electron chi connectivity index (χ2n) is 7.50. The minimum absolute atomic E-state index is 0.117. The van der Waals surface area contributed by atoms with Gasteiger partial charge in [0.1, 0.15) is 5.82 Å². The molecule has 0 radical (unpaired) electrons. The van der Waals surface area contributed by atoms with Crippen LogP contribution in [0.25, 0.3) is 11.4 Å². The van der Waals surface area contributed by atoms with Crippen LogP contribution in [0.4, 0.5) is 4.39 Å². The van der Waals surface area contributed by atoms with E-state index in [1.54, 1.807) is 0 Å². The van der Waals surface area contributed by atoms with Crippen LogP contribution >= 0.6 is 0 Å². The molecule has 0 unspecified atom stereocenters. The Labute approximate surface area is 164 Å². The number of rotatable bonds is 4. The van der Waals surface area contributed by atoms with Crippen LogP contribution in [-0.2, 0) is 6.54 Å². The highest BCUT2D eigenvalue weighted by molar-refractivity contribution is 5.56. The predicted octanol–water partition coefficient (Wildman–Crippen LogP) is 4.26. The third kappa shape index (κ3) is 4.04. The van der Waals surface area contributed by atoms with Gasteiger partial charge in [-0.1, -0.05) is 48.5 Å². The Hall–Kier alpha value is -2.79. The quantitative estimate of drug-likeness (QED) is 0.739. The Morgan fingerprint density at radius 2 is 2.00 bits per heavy atom. The summed E-state index contributed by atoms with van der Waals surface area (Å²) in [5.41, 5.74) is 2.76. The van der Waals surface area contributed by atoms with Crippen molar-refractivity contribution in [3.05, 3.63) is 87.6 Å². The maximum Gasteiger partial charge on any atom is 0.287 e. The van der Waals surface area contributed by atoms with E-state index in [4.69, 9.17) is 0 Å². The summed E-state index contributed by atoms with van der Waals surface area (Å²) in [6.45, 7) is 4.48. The van der Waals surface area contributed by atoms with Gasteiger partial charge in [0.15, 0.2) is 0 Å². The van der Waals surface area contributed by atoms with Crippen molar-refractivity contribution in [1.29, 1.82) is 0 Å². The fourth-order valence-corrected chi connectivity index (χ4v) is 3.98. The molecule has 1 atom stereocenters. The van der Waals surface area contributed by atoms with Gasteiger partial charge >= 0.3 is 0 Å². The highest BCUT2D eigenvalue weighted by Gasteiger charge is 2.21. The zero-order valence-corrected chi connectivity index (χ0v) is 16.0. The largest absolute Gasteiger partial charge is 0.304 e. The van der Waals surface area contributed by atoms with Crippen molar-refractivity contribution in [2.45, 2.75) is 32.2 Å². The van der Waals surface area contributed by atoms with E-state index >= 15 is 0 Å². The number of H-pyrrole nitrogens is 1. The second-order valence-corrected chi connectivity index (χ2v) is 7.50. The lowest BCUT2D eigenvalue weighted by molar-refractivity contribution is 0.200. The molecule has 1 N–H and O–H groups in total. The summed E-state index contributed by atoms with van der Waals surface area (Å²) in [6, 6.07) is 18.7. The van der Waals surface area contributed by atoms with Crippen LogP contribution < -0.4 is 5.56 Å². The molecule has 0 saturated carbocycles. The second kappa shape index (κ2) is 8.07. The molecule has 1 aliphatic rings. The van der Waals surface area contributed by atoms with Crippen molar-refractivity contribution in [3.63, 3.8) is 0 Å². The minimum atomic E-state index is -0.819. The van der Waals surface area contributed by atoms with Gasteiger partial charge in [0.25, 0.3) is 5.56 Å². The molecular formula is C23H24FN3O. The summed E-state index contributed by atoms with van der Waals surface area (Å²) in [5, 5.41) is 0. The molecule has 28 heavy (non-hydrogen) atoms. The number of halogens is 1. The van der Waals surface area contributed by atoms with Crippen LogP contribution in [0, 0.1) is 12.7 Å². The third-order valence-corrected chi connectivity index (χ3v) is 5.41. The number of nitrogens with one attached hydrogen (secondary N) is 1. The number of piperidine rings is 1. The van der Waals surface area contributed by atoms with Crippen LogP contribution in [-0.4, -0.2) is 28.0 Å². The van der Waals surface area contributed by atoms with Crippen molar-refractivity contribution in [3.8, 4) is 11.4 Å². The van der Waals surface area contributed by atoms with Crippen molar-refractivity contribution in [2.75, 3.05) is 13.1 Å². The molecule has 2 heterocycles. The number of aryl methyl sites for hydroxylation is 1. The van der Waals surface area contributed by atoms with E-state index in [-0.39, 0.29) is 5.69 Å². The van der Waals surface area contributed by atoms with Gasteiger partial charge in [-0.25, -0.2) is 4.98 Å².